The average Bonchev–Trinajstić information content (AvgIpc) is 2.92. The van der Waals surface area contributed by atoms with Gasteiger partial charge < -0.3 is 10.1 Å². The van der Waals surface area contributed by atoms with Crippen molar-refractivity contribution in [1.82, 2.24) is 4.98 Å². The molecule has 2 aromatic rings. The number of esters is 1. The van der Waals surface area contributed by atoms with Crippen LogP contribution < -0.4 is 5.32 Å². The number of nitrogens with one attached hydrogen (secondary N) is 1. The van der Waals surface area contributed by atoms with Gasteiger partial charge >= 0.3 is 5.97 Å². The lowest BCUT2D eigenvalue weighted by Crippen LogP contribution is -2.16. The molecule has 1 amide bonds. The topological polar surface area (TPSA) is 68.3 Å². The molecule has 6 heteroatoms. The van der Waals surface area contributed by atoms with Crippen molar-refractivity contribution < 1.29 is 14.3 Å². The Kier molecular flexibility index (Phi) is 4.94. The molecule has 0 radical (unpaired) electrons. The molecule has 0 bridgehead atoms. The smallest absolute Gasteiger partial charge is 0.341 e. The van der Waals surface area contributed by atoms with Crippen LogP contribution in [0.25, 0.3) is 0 Å². The van der Waals surface area contributed by atoms with Crippen LogP contribution in [0.1, 0.15) is 51.4 Å². The molecule has 0 spiro atoms. The number of thiophene rings is 1. The zero-order chi connectivity index (χ0) is 17.1. The lowest BCUT2D eigenvalue weighted by molar-refractivity contribution is 0.0526. The summed E-state index contributed by atoms with van der Waals surface area (Å²) in [5.41, 5.74) is 2.03. The zero-order valence-electron chi connectivity index (χ0n) is 13.8. The average molecular weight is 344 g/mol. The van der Waals surface area contributed by atoms with E-state index in [1.165, 1.54) is 22.4 Å². The molecule has 1 atom stereocenters. The van der Waals surface area contributed by atoms with Crippen LogP contribution in [-0.4, -0.2) is 23.5 Å². The third-order valence-corrected chi connectivity index (χ3v) is 5.31. The highest BCUT2D eigenvalue weighted by atomic mass is 32.1. The van der Waals surface area contributed by atoms with E-state index in [-0.39, 0.29) is 11.9 Å². The molecule has 0 fully saturated rings. The molecular weight excluding hydrogens is 324 g/mol. The Bertz CT molecular complexity index is 755. The summed E-state index contributed by atoms with van der Waals surface area (Å²) in [4.78, 5) is 30.0. The number of carbonyl (C=O) groups excluding carboxylic acids is 2. The van der Waals surface area contributed by atoms with Gasteiger partial charge in [-0.1, -0.05) is 6.92 Å². The number of anilines is 1. The SMILES string of the molecule is CCOC(=O)c1c(NC(=O)c2cccnc2)sc2c1CC[C@@H](C)C2. The van der Waals surface area contributed by atoms with Gasteiger partial charge in [0, 0.05) is 17.3 Å². The molecule has 5 nitrogen and oxygen atoms in total. The summed E-state index contributed by atoms with van der Waals surface area (Å²) in [7, 11) is 0. The fourth-order valence-electron chi connectivity index (χ4n) is 2.93. The molecular formula is C18H20N2O3S. The maximum atomic E-state index is 12.4. The first-order valence-electron chi connectivity index (χ1n) is 8.13. The molecule has 1 aliphatic rings. The van der Waals surface area contributed by atoms with Gasteiger partial charge in [0.1, 0.15) is 5.00 Å². The molecule has 2 heterocycles. The van der Waals surface area contributed by atoms with Crippen LogP contribution in [0.3, 0.4) is 0 Å². The molecule has 24 heavy (non-hydrogen) atoms. The van der Waals surface area contributed by atoms with Gasteiger partial charge in [0.15, 0.2) is 0 Å². The van der Waals surface area contributed by atoms with Crippen LogP contribution in [0.2, 0.25) is 0 Å². The molecule has 0 unspecified atom stereocenters. The Hall–Kier alpha value is -2.21. The van der Waals surface area contributed by atoms with Gasteiger partial charge in [-0.05, 0) is 49.8 Å². The predicted octanol–water partition coefficient (Wildman–Crippen LogP) is 3.70. The molecule has 2 aromatic heterocycles. The summed E-state index contributed by atoms with van der Waals surface area (Å²) in [6.45, 7) is 4.31. The second-order valence-corrected chi connectivity index (χ2v) is 7.08. The van der Waals surface area contributed by atoms with Crippen LogP contribution in [-0.2, 0) is 17.6 Å². The first-order chi connectivity index (χ1) is 11.6. The molecule has 0 aromatic carbocycles. The first-order valence-corrected chi connectivity index (χ1v) is 8.94. The lowest BCUT2D eigenvalue weighted by Gasteiger charge is -2.18. The van der Waals surface area contributed by atoms with E-state index in [1.54, 1.807) is 25.3 Å². The highest BCUT2D eigenvalue weighted by Gasteiger charge is 2.29. The number of pyridine rings is 1. The van der Waals surface area contributed by atoms with Crippen molar-refractivity contribution in [2.75, 3.05) is 11.9 Å². The first kappa shape index (κ1) is 16.6. The monoisotopic (exact) mass is 344 g/mol. The Morgan fingerprint density at radius 2 is 2.29 bits per heavy atom. The molecule has 0 saturated carbocycles. The molecule has 3 rings (SSSR count). The van der Waals surface area contributed by atoms with Crippen LogP contribution in [0.15, 0.2) is 24.5 Å². The summed E-state index contributed by atoms with van der Waals surface area (Å²) in [5.74, 6) is -0.0283. The van der Waals surface area contributed by atoms with E-state index >= 15 is 0 Å². The van der Waals surface area contributed by atoms with Crippen molar-refractivity contribution in [3.8, 4) is 0 Å². The summed E-state index contributed by atoms with van der Waals surface area (Å²) >= 11 is 1.49. The Morgan fingerprint density at radius 1 is 1.46 bits per heavy atom. The fourth-order valence-corrected chi connectivity index (χ4v) is 4.32. The summed E-state index contributed by atoms with van der Waals surface area (Å²) in [6.07, 6.45) is 5.96. The van der Waals surface area contributed by atoms with Crippen molar-refractivity contribution in [2.24, 2.45) is 5.92 Å². The van der Waals surface area contributed by atoms with E-state index in [0.29, 0.717) is 28.7 Å². The summed E-state index contributed by atoms with van der Waals surface area (Å²) in [6, 6.07) is 3.41. The van der Waals surface area contributed by atoms with Crippen molar-refractivity contribution in [3.05, 3.63) is 46.1 Å². The van der Waals surface area contributed by atoms with Gasteiger partial charge in [0.05, 0.1) is 17.7 Å². The number of ether oxygens (including phenoxy) is 1. The highest BCUT2D eigenvalue weighted by Crippen LogP contribution is 2.40. The standard InChI is InChI=1S/C18H20N2O3S/c1-3-23-18(22)15-13-7-6-11(2)9-14(13)24-17(15)20-16(21)12-5-4-8-19-10-12/h4-5,8,10-11H,3,6-7,9H2,1-2H3,(H,20,21)/t11-/m1/s1. The highest BCUT2D eigenvalue weighted by molar-refractivity contribution is 7.17. The van der Waals surface area contributed by atoms with Crippen LogP contribution in [0, 0.1) is 5.92 Å². The number of carbonyl (C=O) groups is 2. The Labute approximate surface area is 145 Å². The number of hydrogen-bond donors (Lipinski definition) is 1. The van der Waals surface area contributed by atoms with Crippen molar-refractivity contribution in [2.45, 2.75) is 33.1 Å². The van der Waals surface area contributed by atoms with E-state index in [0.717, 1.165) is 24.8 Å². The lowest BCUT2D eigenvalue weighted by atomic mass is 9.88. The van der Waals surface area contributed by atoms with Gasteiger partial charge in [-0.25, -0.2) is 4.79 Å². The van der Waals surface area contributed by atoms with Crippen molar-refractivity contribution in [1.29, 1.82) is 0 Å². The minimum atomic E-state index is -0.356. The van der Waals surface area contributed by atoms with Gasteiger partial charge in [-0.2, -0.15) is 0 Å². The van der Waals surface area contributed by atoms with Crippen LogP contribution in [0.4, 0.5) is 5.00 Å². The number of aromatic nitrogens is 1. The zero-order valence-corrected chi connectivity index (χ0v) is 14.6. The van der Waals surface area contributed by atoms with Crippen molar-refractivity contribution >= 4 is 28.2 Å². The number of amides is 1. The largest absolute Gasteiger partial charge is 0.462 e. The maximum absolute atomic E-state index is 12.4. The molecule has 0 saturated heterocycles. The minimum Gasteiger partial charge on any atom is -0.462 e. The second kappa shape index (κ2) is 7.13. The third-order valence-electron chi connectivity index (χ3n) is 4.14. The number of fused-ring (bicyclic) bond motifs is 1. The third kappa shape index (κ3) is 3.33. The van der Waals surface area contributed by atoms with Crippen LogP contribution in [0.5, 0.6) is 0 Å². The van der Waals surface area contributed by atoms with Crippen molar-refractivity contribution in [3.63, 3.8) is 0 Å². The van der Waals surface area contributed by atoms with Gasteiger partial charge in [-0.3, -0.25) is 9.78 Å². The minimum absolute atomic E-state index is 0.264. The number of nitrogens with zero attached hydrogens (tertiary/aromatic N) is 1. The van der Waals surface area contributed by atoms with E-state index in [2.05, 4.69) is 17.2 Å². The predicted molar refractivity (Wildman–Crippen MR) is 93.7 cm³/mol. The summed E-state index contributed by atoms with van der Waals surface area (Å²) < 4.78 is 5.21. The molecule has 126 valence electrons. The Morgan fingerprint density at radius 3 is 3.00 bits per heavy atom. The molecule has 0 aliphatic heterocycles. The van der Waals surface area contributed by atoms with Gasteiger partial charge in [-0.15, -0.1) is 11.3 Å². The van der Waals surface area contributed by atoms with E-state index < -0.39 is 0 Å². The normalized spacial score (nSPS) is 16.3. The molecule has 1 aliphatic carbocycles. The van der Waals surface area contributed by atoms with E-state index in [9.17, 15) is 9.59 Å². The van der Waals surface area contributed by atoms with Gasteiger partial charge in [0.2, 0.25) is 0 Å². The van der Waals surface area contributed by atoms with Gasteiger partial charge in [0.25, 0.3) is 5.91 Å². The maximum Gasteiger partial charge on any atom is 0.341 e. The Balaban J connectivity index is 1.94. The second-order valence-electron chi connectivity index (χ2n) is 5.97. The quantitative estimate of drug-likeness (QED) is 0.859. The van der Waals surface area contributed by atoms with Crippen LogP contribution >= 0.6 is 11.3 Å². The summed E-state index contributed by atoms with van der Waals surface area (Å²) in [5, 5.41) is 3.46. The number of hydrogen-bond acceptors (Lipinski definition) is 5. The van der Waals surface area contributed by atoms with E-state index in [4.69, 9.17) is 4.74 Å². The fraction of sp³-hybridized carbons (Fsp3) is 0.389. The molecule has 1 N–H and O–H groups in total. The van der Waals surface area contributed by atoms with E-state index in [1.807, 2.05) is 0 Å². The number of rotatable bonds is 4.